The van der Waals surface area contributed by atoms with Crippen LogP contribution in [0, 0.1) is 0 Å². The van der Waals surface area contributed by atoms with Crippen molar-refractivity contribution in [3.8, 4) is 5.75 Å². The molecule has 0 aliphatic heterocycles. The first-order valence-electron chi connectivity index (χ1n) is 8.00. The monoisotopic (exact) mass is 446 g/mol. The van der Waals surface area contributed by atoms with Crippen molar-refractivity contribution in [1.29, 1.82) is 0 Å². The molecule has 0 saturated carbocycles. The van der Waals surface area contributed by atoms with E-state index < -0.39 is 5.91 Å². The molecule has 0 atom stereocenters. The summed E-state index contributed by atoms with van der Waals surface area (Å²) in [7, 11) is 1.58. The van der Waals surface area contributed by atoms with Gasteiger partial charge in [-0.2, -0.15) is 10.2 Å². The van der Waals surface area contributed by atoms with Crippen LogP contribution in [-0.4, -0.2) is 29.0 Å². The number of aromatic nitrogens is 2. The zero-order valence-electron chi connectivity index (χ0n) is 14.4. The van der Waals surface area contributed by atoms with Gasteiger partial charge in [0.15, 0.2) is 5.69 Å². The number of benzene rings is 2. The molecule has 0 fully saturated rings. The number of rotatable bonds is 6. The van der Waals surface area contributed by atoms with E-state index in [0.717, 1.165) is 15.6 Å². The zero-order chi connectivity index (χ0) is 19.2. The van der Waals surface area contributed by atoms with Gasteiger partial charge in [0.2, 0.25) is 0 Å². The molecular formula is C19H16BrClN4O2. The number of nitrogens with zero attached hydrogens (tertiary/aromatic N) is 3. The molecule has 1 heterocycles. The van der Waals surface area contributed by atoms with Gasteiger partial charge in [-0.25, -0.2) is 5.43 Å². The van der Waals surface area contributed by atoms with E-state index in [1.54, 1.807) is 24.1 Å². The summed E-state index contributed by atoms with van der Waals surface area (Å²) >= 11 is 9.27. The molecule has 2 aromatic carbocycles. The molecule has 3 aromatic rings. The molecule has 1 aromatic heterocycles. The number of amides is 1. The molecule has 1 N–H and O–H groups in total. The molecule has 8 heteroatoms. The third-order valence-electron chi connectivity index (χ3n) is 3.69. The average Bonchev–Trinajstić information content (AvgIpc) is 3.12. The summed E-state index contributed by atoms with van der Waals surface area (Å²) in [6.07, 6.45) is 3.26. The fraction of sp³-hybridized carbons (Fsp3) is 0.105. The Balaban J connectivity index is 1.63. The summed E-state index contributed by atoms with van der Waals surface area (Å²) in [5.41, 5.74) is 4.52. The van der Waals surface area contributed by atoms with Gasteiger partial charge in [0.25, 0.3) is 5.91 Å². The van der Waals surface area contributed by atoms with E-state index in [1.165, 1.54) is 6.21 Å². The van der Waals surface area contributed by atoms with Gasteiger partial charge in [0.05, 0.1) is 19.9 Å². The van der Waals surface area contributed by atoms with Gasteiger partial charge in [0.1, 0.15) is 5.75 Å². The molecule has 27 heavy (non-hydrogen) atoms. The molecule has 0 unspecified atom stereocenters. The Bertz CT molecular complexity index is 970. The van der Waals surface area contributed by atoms with Crippen molar-refractivity contribution < 1.29 is 9.53 Å². The number of carbonyl (C=O) groups excluding carboxylic acids is 1. The summed E-state index contributed by atoms with van der Waals surface area (Å²) in [5.74, 6) is 0.263. The lowest BCUT2D eigenvalue weighted by atomic mass is 10.2. The molecule has 1 amide bonds. The predicted molar refractivity (Wildman–Crippen MR) is 109 cm³/mol. The summed E-state index contributed by atoms with van der Waals surface area (Å²) in [6, 6.07) is 14.6. The van der Waals surface area contributed by atoms with Crippen molar-refractivity contribution in [3.05, 3.63) is 81.0 Å². The number of hydrogen-bond acceptors (Lipinski definition) is 4. The molecule has 3 rings (SSSR count). The van der Waals surface area contributed by atoms with Crippen LogP contribution in [0.25, 0.3) is 0 Å². The second-order valence-electron chi connectivity index (χ2n) is 5.61. The summed E-state index contributed by atoms with van der Waals surface area (Å²) in [4.78, 5) is 12.2. The summed E-state index contributed by atoms with van der Waals surface area (Å²) < 4.78 is 7.83. The Morgan fingerprint density at radius 1 is 1.30 bits per heavy atom. The van der Waals surface area contributed by atoms with Gasteiger partial charge in [-0.05, 0) is 42.0 Å². The minimum Gasteiger partial charge on any atom is -0.496 e. The van der Waals surface area contributed by atoms with Crippen LogP contribution in [0.1, 0.15) is 21.6 Å². The van der Waals surface area contributed by atoms with Crippen molar-refractivity contribution >= 4 is 39.7 Å². The summed E-state index contributed by atoms with van der Waals surface area (Å²) in [6.45, 7) is 0.545. The SMILES string of the molecule is COc1ccc(Br)cc1/C=N/NC(=O)c1ccn(Cc2ccc(Cl)cc2)n1. The third-order valence-corrected chi connectivity index (χ3v) is 4.44. The van der Waals surface area contributed by atoms with Crippen LogP contribution in [0.4, 0.5) is 0 Å². The first-order valence-corrected chi connectivity index (χ1v) is 9.17. The largest absolute Gasteiger partial charge is 0.496 e. The van der Waals surface area contributed by atoms with E-state index >= 15 is 0 Å². The quantitative estimate of drug-likeness (QED) is 0.456. The second kappa shape index (κ2) is 8.83. The lowest BCUT2D eigenvalue weighted by Gasteiger charge is -2.04. The van der Waals surface area contributed by atoms with Crippen molar-refractivity contribution in [3.63, 3.8) is 0 Å². The minimum atomic E-state index is -0.393. The van der Waals surface area contributed by atoms with Crippen LogP contribution in [0.15, 0.2) is 64.3 Å². The molecule has 0 aliphatic rings. The van der Waals surface area contributed by atoms with E-state index in [-0.39, 0.29) is 5.69 Å². The lowest BCUT2D eigenvalue weighted by molar-refractivity contribution is 0.0949. The number of carbonyl (C=O) groups is 1. The maximum absolute atomic E-state index is 12.2. The van der Waals surface area contributed by atoms with Crippen LogP contribution in [0.5, 0.6) is 5.75 Å². The van der Waals surface area contributed by atoms with Crippen molar-refractivity contribution in [2.24, 2.45) is 5.10 Å². The molecule has 0 bridgehead atoms. The van der Waals surface area contributed by atoms with Crippen molar-refractivity contribution in [1.82, 2.24) is 15.2 Å². The van der Waals surface area contributed by atoms with Crippen LogP contribution in [0.3, 0.4) is 0 Å². The zero-order valence-corrected chi connectivity index (χ0v) is 16.7. The third kappa shape index (κ3) is 5.18. The van der Waals surface area contributed by atoms with Crippen LogP contribution >= 0.6 is 27.5 Å². The van der Waals surface area contributed by atoms with Gasteiger partial charge in [-0.15, -0.1) is 0 Å². The van der Waals surface area contributed by atoms with E-state index in [0.29, 0.717) is 17.3 Å². The molecule has 0 saturated heterocycles. The van der Waals surface area contributed by atoms with Crippen molar-refractivity contribution in [2.75, 3.05) is 7.11 Å². The number of methoxy groups -OCH3 is 1. The van der Waals surface area contributed by atoms with Gasteiger partial charge in [0, 0.05) is 21.3 Å². The Kier molecular flexibility index (Phi) is 6.26. The number of hydrogen-bond donors (Lipinski definition) is 1. The number of hydrazone groups is 1. The van der Waals surface area contributed by atoms with Gasteiger partial charge < -0.3 is 4.74 Å². The lowest BCUT2D eigenvalue weighted by Crippen LogP contribution is -2.18. The Morgan fingerprint density at radius 2 is 2.07 bits per heavy atom. The summed E-state index contributed by atoms with van der Waals surface area (Å²) in [5, 5.41) is 8.93. The first-order chi connectivity index (χ1) is 13.0. The van der Waals surface area contributed by atoms with E-state index in [9.17, 15) is 4.79 Å². The molecule has 0 spiro atoms. The maximum atomic E-state index is 12.2. The highest BCUT2D eigenvalue weighted by molar-refractivity contribution is 9.10. The van der Waals surface area contributed by atoms with Crippen molar-refractivity contribution in [2.45, 2.75) is 6.54 Å². The standard InChI is InChI=1S/C19H16BrClN4O2/c1-27-18-7-4-15(20)10-14(18)11-22-23-19(26)17-8-9-25(24-17)12-13-2-5-16(21)6-3-13/h2-11H,12H2,1H3,(H,23,26)/b22-11+. The van der Waals surface area contributed by atoms with Gasteiger partial charge >= 0.3 is 0 Å². The smallest absolute Gasteiger partial charge is 0.291 e. The van der Waals surface area contributed by atoms with Gasteiger partial charge in [-0.1, -0.05) is 39.7 Å². The predicted octanol–water partition coefficient (Wildman–Crippen LogP) is 4.12. The normalized spacial score (nSPS) is 10.9. The maximum Gasteiger partial charge on any atom is 0.291 e. The van der Waals surface area contributed by atoms with E-state index in [4.69, 9.17) is 16.3 Å². The molecule has 0 aliphatic carbocycles. The van der Waals surface area contributed by atoms with E-state index in [2.05, 4.69) is 31.6 Å². The van der Waals surface area contributed by atoms with E-state index in [1.807, 2.05) is 42.5 Å². The fourth-order valence-electron chi connectivity index (χ4n) is 2.37. The molecular weight excluding hydrogens is 432 g/mol. The highest BCUT2D eigenvalue weighted by Gasteiger charge is 2.09. The number of ether oxygens (including phenoxy) is 1. The average molecular weight is 448 g/mol. The van der Waals surface area contributed by atoms with Gasteiger partial charge in [-0.3, -0.25) is 9.48 Å². The second-order valence-corrected chi connectivity index (χ2v) is 6.96. The molecule has 138 valence electrons. The number of halogens is 2. The highest BCUT2D eigenvalue weighted by atomic mass is 79.9. The van der Waals surface area contributed by atoms with Crippen LogP contribution < -0.4 is 10.2 Å². The highest BCUT2D eigenvalue weighted by Crippen LogP contribution is 2.21. The van der Waals surface area contributed by atoms with Crippen LogP contribution in [0.2, 0.25) is 5.02 Å². The Labute approximate surface area is 169 Å². The topological polar surface area (TPSA) is 68.5 Å². The molecule has 0 radical (unpaired) electrons. The fourth-order valence-corrected chi connectivity index (χ4v) is 2.88. The minimum absolute atomic E-state index is 0.280. The molecule has 6 nitrogen and oxygen atoms in total. The Morgan fingerprint density at radius 3 is 2.81 bits per heavy atom. The number of nitrogens with one attached hydrogen (secondary N) is 1. The first kappa shape index (κ1) is 19.1. The Hall–Kier alpha value is -2.64. The van der Waals surface area contributed by atoms with Crippen LogP contribution in [-0.2, 0) is 6.54 Å².